The van der Waals surface area contributed by atoms with Gasteiger partial charge in [0.2, 0.25) is 0 Å². The maximum atomic E-state index is 14.1. The van der Waals surface area contributed by atoms with Gasteiger partial charge in [0, 0.05) is 9.50 Å². The van der Waals surface area contributed by atoms with Crippen LogP contribution in [0.25, 0.3) is 0 Å². The van der Waals surface area contributed by atoms with Crippen molar-refractivity contribution in [3.63, 3.8) is 0 Å². The number of anilines is 1. The Kier molecular flexibility index (Phi) is 5.46. The van der Waals surface area contributed by atoms with Crippen molar-refractivity contribution < 1.29 is 26.7 Å². The van der Waals surface area contributed by atoms with Crippen LogP contribution in [0.3, 0.4) is 0 Å². The molecule has 10 heteroatoms. The Morgan fingerprint density at radius 3 is 2.50 bits per heavy atom. The summed E-state index contributed by atoms with van der Waals surface area (Å²) in [6.07, 6.45) is 0. The number of esters is 1. The van der Waals surface area contributed by atoms with Gasteiger partial charge in [-0.3, -0.25) is 4.72 Å². The number of nitrogens with one attached hydrogen (secondary N) is 1. The Hall–Kier alpha value is -1.71. The first-order valence-electron chi connectivity index (χ1n) is 6.21. The lowest BCUT2D eigenvalue weighted by Crippen LogP contribution is -2.17. The number of ether oxygens (including phenoxy) is 1. The van der Waals surface area contributed by atoms with E-state index >= 15 is 0 Å². The van der Waals surface area contributed by atoms with Crippen LogP contribution < -0.4 is 4.72 Å². The molecule has 128 valence electrons. The summed E-state index contributed by atoms with van der Waals surface area (Å²) in [6.45, 7) is 0. The minimum atomic E-state index is -4.52. The Morgan fingerprint density at radius 2 is 1.88 bits per heavy atom. The van der Waals surface area contributed by atoms with E-state index in [-0.39, 0.29) is 15.1 Å². The van der Waals surface area contributed by atoms with Crippen molar-refractivity contribution in [3.8, 4) is 0 Å². The number of halogens is 4. The molecule has 0 aliphatic carbocycles. The van der Waals surface area contributed by atoms with E-state index in [1.54, 1.807) is 0 Å². The van der Waals surface area contributed by atoms with E-state index in [1.165, 1.54) is 6.07 Å². The largest absolute Gasteiger partial charge is 0.465 e. The fraction of sp³-hybridized carbons (Fsp3) is 0.0714. The van der Waals surface area contributed by atoms with Crippen LogP contribution in [-0.4, -0.2) is 21.5 Å². The molecule has 0 heterocycles. The van der Waals surface area contributed by atoms with Crippen LogP contribution in [0, 0.1) is 11.6 Å². The van der Waals surface area contributed by atoms with E-state index in [2.05, 4.69) is 20.7 Å². The summed E-state index contributed by atoms with van der Waals surface area (Å²) in [5.74, 6) is -2.90. The molecule has 0 amide bonds. The van der Waals surface area contributed by atoms with Crippen LogP contribution in [0.5, 0.6) is 0 Å². The van der Waals surface area contributed by atoms with Gasteiger partial charge in [-0.1, -0.05) is 11.6 Å². The molecule has 2 rings (SSSR count). The summed E-state index contributed by atoms with van der Waals surface area (Å²) >= 11 is 8.63. The van der Waals surface area contributed by atoms with Crippen molar-refractivity contribution in [2.45, 2.75) is 4.90 Å². The smallest absolute Gasteiger partial charge is 0.339 e. The lowest BCUT2D eigenvalue weighted by molar-refractivity contribution is 0.0599. The van der Waals surface area contributed by atoms with Crippen LogP contribution in [0.15, 0.2) is 39.7 Å². The molecule has 1 N–H and O–H groups in total. The predicted molar refractivity (Wildman–Crippen MR) is 87.7 cm³/mol. The number of carbonyl (C=O) groups excluding carboxylic acids is 1. The molecular weight excluding hydrogens is 432 g/mol. The quantitative estimate of drug-likeness (QED) is 0.730. The van der Waals surface area contributed by atoms with Gasteiger partial charge < -0.3 is 4.74 Å². The van der Waals surface area contributed by atoms with Gasteiger partial charge in [0.1, 0.15) is 16.5 Å². The topological polar surface area (TPSA) is 72.5 Å². The summed E-state index contributed by atoms with van der Waals surface area (Å²) in [5.41, 5.74) is -0.657. The maximum Gasteiger partial charge on any atom is 0.339 e. The molecule has 0 saturated heterocycles. The standard InChI is InChI=1S/C14H9BrClF2NO4S/c1-23-14(20)8-5-13(11(18)6-9(8)15)24(21,22)19-12-4-7(16)2-3-10(12)17/h2-6,19H,1H3. The number of hydrogen-bond acceptors (Lipinski definition) is 4. The van der Waals surface area contributed by atoms with E-state index in [0.717, 1.165) is 31.4 Å². The van der Waals surface area contributed by atoms with Crippen molar-refractivity contribution in [2.75, 3.05) is 11.8 Å². The Bertz CT molecular complexity index is 921. The minimum absolute atomic E-state index is 0.0136. The van der Waals surface area contributed by atoms with Gasteiger partial charge in [-0.05, 0) is 46.3 Å². The summed E-state index contributed by atoms with van der Waals surface area (Å²) in [6, 6.07) is 4.81. The average Bonchev–Trinajstić information content (AvgIpc) is 2.49. The summed E-state index contributed by atoms with van der Waals surface area (Å²) in [5, 5.41) is 0.0839. The summed E-state index contributed by atoms with van der Waals surface area (Å²) in [7, 11) is -3.43. The Labute approximate surface area is 149 Å². The predicted octanol–water partition coefficient (Wildman–Crippen LogP) is 3.97. The number of hydrogen-bond donors (Lipinski definition) is 1. The second kappa shape index (κ2) is 7.04. The molecule has 2 aromatic rings. The highest BCUT2D eigenvalue weighted by atomic mass is 79.9. The second-order valence-electron chi connectivity index (χ2n) is 4.48. The third-order valence-corrected chi connectivity index (χ3v) is 5.16. The monoisotopic (exact) mass is 439 g/mol. The number of carbonyl (C=O) groups is 1. The zero-order valence-electron chi connectivity index (χ0n) is 11.9. The molecule has 0 radical (unpaired) electrons. The summed E-state index contributed by atoms with van der Waals surface area (Å²) < 4.78 is 58.8. The number of rotatable bonds is 4. The highest BCUT2D eigenvalue weighted by Crippen LogP contribution is 2.28. The molecule has 5 nitrogen and oxygen atoms in total. The van der Waals surface area contributed by atoms with E-state index in [9.17, 15) is 22.0 Å². The maximum absolute atomic E-state index is 14.1. The second-order valence-corrected chi connectivity index (χ2v) is 7.43. The van der Waals surface area contributed by atoms with Gasteiger partial charge in [-0.25, -0.2) is 22.0 Å². The average molecular weight is 441 g/mol. The van der Waals surface area contributed by atoms with Crippen LogP contribution in [0.4, 0.5) is 14.5 Å². The molecule has 0 aliphatic rings. The van der Waals surface area contributed by atoms with E-state index in [0.29, 0.717) is 0 Å². The van der Waals surface area contributed by atoms with Crippen molar-refractivity contribution in [1.29, 1.82) is 0 Å². The van der Waals surface area contributed by atoms with Crippen LogP contribution in [0.2, 0.25) is 5.02 Å². The zero-order chi connectivity index (χ0) is 18.1. The Balaban J connectivity index is 2.53. The third kappa shape index (κ3) is 3.85. The molecule has 0 atom stereocenters. The SMILES string of the molecule is COC(=O)c1cc(S(=O)(=O)Nc2cc(Cl)ccc2F)c(F)cc1Br. The van der Waals surface area contributed by atoms with Gasteiger partial charge in [0.15, 0.2) is 0 Å². The molecule has 0 aliphatic heterocycles. The van der Waals surface area contributed by atoms with Gasteiger partial charge in [-0.2, -0.15) is 0 Å². The molecule has 0 aromatic heterocycles. The van der Waals surface area contributed by atoms with Crippen molar-refractivity contribution >= 4 is 49.2 Å². The highest BCUT2D eigenvalue weighted by Gasteiger charge is 2.25. The van der Waals surface area contributed by atoms with Crippen molar-refractivity contribution in [1.82, 2.24) is 0 Å². The van der Waals surface area contributed by atoms with Gasteiger partial charge in [0.25, 0.3) is 10.0 Å². The van der Waals surface area contributed by atoms with E-state index in [4.69, 9.17) is 11.6 Å². The van der Waals surface area contributed by atoms with Crippen molar-refractivity contribution in [3.05, 3.63) is 57.0 Å². The minimum Gasteiger partial charge on any atom is -0.465 e. The summed E-state index contributed by atoms with van der Waals surface area (Å²) in [4.78, 5) is 10.8. The first kappa shape index (κ1) is 18.6. The van der Waals surface area contributed by atoms with Gasteiger partial charge in [0.05, 0.1) is 18.4 Å². The fourth-order valence-corrected chi connectivity index (χ4v) is 3.57. The number of sulfonamides is 1. The lowest BCUT2D eigenvalue weighted by atomic mass is 10.2. The molecule has 24 heavy (non-hydrogen) atoms. The molecular formula is C14H9BrClF2NO4S. The molecule has 0 bridgehead atoms. The first-order valence-corrected chi connectivity index (χ1v) is 8.86. The lowest BCUT2D eigenvalue weighted by Gasteiger charge is -2.12. The molecule has 2 aromatic carbocycles. The van der Waals surface area contributed by atoms with Gasteiger partial charge in [-0.15, -0.1) is 0 Å². The van der Waals surface area contributed by atoms with E-state index in [1.807, 2.05) is 4.72 Å². The van der Waals surface area contributed by atoms with Crippen LogP contribution >= 0.6 is 27.5 Å². The molecule has 0 fully saturated rings. The van der Waals surface area contributed by atoms with E-state index < -0.39 is 38.2 Å². The first-order chi connectivity index (χ1) is 11.2. The molecule has 0 unspecified atom stereocenters. The van der Waals surface area contributed by atoms with Crippen LogP contribution in [0.1, 0.15) is 10.4 Å². The normalized spacial score (nSPS) is 11.2. The van der Waals surface area contributed by atoms with Crippen LogP contribution in [-0.2, 0) is 14.8 Å². The fourth-order valence-electron chi connectivity index (χ4n) is 1.78. The molecule has 0 saturated carbocycles. The zero-order valence-corrected chi connectivity index (χ0v) is 15.1. The third-order valence-electron chi connectivity index (χ3n) is 2.89. The molecule has 0 spiro atoms. The Morgan fingerprint density at radius 1 is 1.21 bits per heavy atom. The highest BCUT2D eigenvalue weighted by molar-refractivity contribution is 9.10. The van der Waals surface area contributed by atoms with Gasteiger partial charge >= 0.3 is 5.97 Å². The number of methoxy groups -OCH3 is 1. The van der Waals surface area contributed by atoms with Crippen molar-refractivity contribution in [2.24, 2.45) is 0 Å². The number of benzene rings is 2.